The van der Waals surface area contributed by atoms with Crippen LogP contribution in [0.15, 0.2) is 36.5 Å². The Morgan fingerprint density at radius 1 is 1.20 bits per heavy atom. The van der Waals surface area contributed by atoms with Gasteiger partial charge in [0.1, 0.15) is 0 Å². The standard InChI is InChI=1S/C16H15N3S/c1-10-6-7-17-15-14(10)18-16(20)19(15)13-8-11-4-2-3-5-12(11)9-13/h2-7,13H,8-9H2,1H3,(H,18,20). The predicted molar refractivity (Wildman–Crippen MR) is 82.5 cm³/mol. The van der Waals surface area contributed by atoms with Crippen LogP contribution in [0.25, 0.3) is 11.2 Å². The average Bonchev–Trinajstić information content (AvgIpc) is 2.99. The van der Waals surface area contributed by atoms with Crippen LogP contribution in [0, 0.1) is 11.7 Å². The Hall–Kier alpha value is -1.94. The molecule has 100 valence electrons. The van der Waals surface area contributed by atoms with Crippen molar-refractivity contribution in [1.82, 2.24) is 14.5 Å². The lowest BCUT2D eigenvalue weighted by Gasteiger charge is -2.12. The van der Waals surface area contributed by atoms with E-state index in [4.69, 9.17) is 12.2 Å². The number of nitrogens with one attached hydrogen (secondary N) is 1. The molecule has 1 aliphatic carbocycles. The molecule has 0 saturated carbocycles. The Morgan fingerprint density at radius 2 is 1.90 bits per heavy atom. The molecular formula is C16H15N3S. The van der Waals surface area contributed by atoms with Gasteiger partial charge in [0.15, 0.2) is 10.4 Å². The summed E-state index contributed by atoms with van der Waals surface area (Å²) in [6.07, 6.45) is 3.93. The van der Waals surface area contributed by atoms with Gasteiger partial charge in [-0.15, -0.1) is 0 Å². The second-order valence-corrected chi connectivity index (χ2v) is 5.84. The summed E-state index contributed by atoms with van der Waals surface area (Å²) in [5.74, 6) is 0. The molecule has 2 heterocycles. The predicted octanol–water partition coefficient (Wildman–Crippen LogP) is 3.74. The van der Waals surface area contributed by atoms with Gasteiger partial charge in [-0.1, -0.05) is 24.3 Å². The third-order valence-corrected chi connectivity index (χ3v) is 4.51. The number of aromatic amines is 1. The van der Waals surface area contributed by atoms with Crippen molar-refractivity contribution in [2.45, 2.75) is 25.8 Å². The summed E-state index contributed by atoms with van der Waals surface area (Å²) in [6.45, 7) is 2.09. The molecule has 1 N–H and O–H groups in total. The molecule has 0 amide bonds. The maximum Gasteiger partial charge on any atom is 0.179 e. The van der Waals surface area contributed by atoms with Crippen molar-refractivity contribution in [2.24, 2.45) is 0 Å². The second-order valence-electron chi connectivity index (χ2n) is 5.46. The number of aryl methyl sites for hydroxylation is 1. The molecular weight excluding hydrogens is 266 g/mol. The molecule has 0 bridgehead atoms. The zero-order valence-electron chi connectivity index (χ0n) is 11.3. The number of fused-ring (bicyclic) bond motifs is 2. The first-order valence-electron chi connectivity index (χ1n) is 6.86. The lowest BCUT2D eigenvalue weighted by molar-refractivity contribution is 0.534. The van der Waals surface area contributed by atoms with Crippen LogP contribution in [0.2, 0.25) is 0 Å². The van der Waals surface area contributed by atoms with E-state index in [0.717, 1.165) is 28.8 Å². The van der Waals surface area contributed by atoms with Crippen LogP contribution in [0.5, 0.6) is 0 Å². The molecule has 0 radical (unpaired) electrons. The lowest BCUT2D eigenvalue weighted by atomic mass is 10.1. The third-order valence-electron chi connectivity index (χ3n) is 4.21. The van der Waals surface area contributed by atoms with Gasteiger partial charge in [-0.05, 0) is 54.7 Å². The normalized spacial score (nSPS) is 14.8. The largest absolute Gasteiger partial charge is 0.329 e. The summed E-state index contributed by atoms with van der Waals surface area (Å²) >= 11 is 5.53. The first-order valence-corrected chi connectivity index (χ1v) is 7.27. The molecule has 1 aliphatic rings. The van der Waals surface area contributed by atoms with E-state index in [0.29, 0.717) is 6.04 Å². The van der Waals surface area contributed by atoms with Crippen molar-refractivity contribution in [3.63, 3.8) is 0 Å². The van der Waals surface area contributed by atoms with Crippen molar-refractivity contribution < 1.29 is 0 Å². The first kappa shape index (κ1) is 11.9. The molecule has 1 aromatic carbocycles. The van der Waals surface area contributed by atoms with Crippen molar-refractivity contribution in [3.05, 3.63) is 58.0 Å². The van der Waals surface area contributed by atoms with Gasteiger partial charge >= 0.3 is 0 Å². The van der Waals surface area contributed by atoms with Gasteiger partial charge < -0.3 is 4.98 Å². The molecule has 3 nitrogen and oxygen atoms in total. The van der Waals surface area contributed by atoms with Crippen LogP contribution in [-0.4, -0.2) is 14.5 Å². The number of nitrogens with zero attached hydrogens (tertiary/aromatic N) is 2. The third kappa shape index (κ3) is 1.64. The second kappa shape index (κ2) is 4.28. The summed E-state index contributed by atoms with van der Waals surface area (Å²) in [5.41, 5.74) is 6.10. The maximum atomic E-state index is 5.53. The summed E-state index contributed by atoms with van der Waals surface area (Å²) < 4.78 is 2.97. The van der Waals surface area contributed by atoms with E-state index in [1.54, 1.807) is 0 Å². The molecule has 20 heavy (non-hydrogen) atoms. The van der Waals surface area contributed by atoms with Crippen molar-refractivity contribution in [2.75, 3.05) is 0 Å². The Balaban J connectivity index is 1.87. The monoisotopic (exact) mass is 281 g/mol. The van der Waals surface area contributed by atoms with E-state index in [9.17, 15) is 0 Å². The Morgan fingerprint density at radius 3 is 2.60 bits per heavy atom. The molecule has 4 rings (SSSR count). The summed E-state index contributed by atoms with van der Waals surface area (Å²) in [6, 6.07) is 11.0. The van der Waals surface area contributed by atoms with E-state index in [1.165, 1.54) is 16.7 Å². The molecule has 0 fully saturated rings. The zero-order valence-corrected chi connectivity index (χ0v) is 12.1. The number of aromatic nitrogens is 3. The van der Waals surface area contributed by atoms with Crippen molar-refractivity contribution in [3.8, 4) is 0 Å². The minimum Gasteiger partial charge on any atom is -0.329 e. The van der Waals surface area contributed by atoms with Crippen LogP contribution in [0.1, 0.15) is 22.7 Å². The van der Waals surface area contributed by atoms with Gasteiger partial charge in [0.05, 0.1) is 5.52 Å². The van der Waals surface area contributed by atoms with Gasteiger partial charge in [0, 0.05) is 12.2 Å². The minimum atomic E-state index is 0.378. The molecule has 0 saturated heterocycles. The van der Waals surface area contributed by atoms with E-state index < -0.39 is 0 Å². The van der Waals surface area contributed by atoms with Gasteiger partial charge in [-0.2, -0.15) is 0 Å². The average molecular weight is 281 g/mol. The number of imidazole rings is 1. The fraction of sp³-hybridized carbons (Fsp3) is 0.250. The van der Waals surface area contributed by atoms with Gasteiger partial charge in [0.2, 0.25) is 0 Å². The smallest absolute Gasteiger partial charge is 0.179 e. The quantitative estimate of drug-likeness (QED) is 0.689. The number of H-pyrrole nitrogens is 1. The van der Waals surface area contributed by atoms with Gasteiger partial charge in [0.25, 0.3) is 0 Å². The SMILES string of the molecule is Cc1ccnc2c1[nH]c(=S)n2C1Cc2ccccc2C1. The van der Waals surface area contributed by atoms with E-state index in [1.807, 2.05) is 12.3 Å². The van der Waals surface area contributed by atoms with Crippen LogP contribution in [0.3, 0.4) is 0 Å². The highest BCUT2D eigenvalue weighted by Gasteiger charge is 2.25. The zero-order chi connectivity index (χ0) is 13.7. The molecule has 0 aliphatic heterocycles. The Labute approximate surface area is 122 Å². The molecule has 0 atom stereocenters. The fourth-order valence-corrected chi connectivity index (χ4v) is 3.54. The van der Waals surface area contributed by atoms with Crippen LogP contribution >= 0.6 is 12.2 Å². The molecule has 2 aromatic heterocycles. The van der Waals surface area contributed by atoms with Gasteiger partial charge in [-0.3, -0.25) is 4.57 Å². The highest BCUT2D eigenvalue weighted by atomic mass is 32.1. The highest BCUT2D eigenvalue weighted by molar-refractivity contribution is 7.71. The number of rotatable bonds is 1. The topological polar surface area (TPSA) is 33.6 Å². The first-order chi connectivity index (χ1) is 9.74. The highest BCUT2D eigenvalue weighted by Crippen LogP contribution is 2.32. The lowest BCUT2D eigenvalue weighted by Crippen LogP contribution is -2.09. The number of benzene rings is 1. The van der Waals surface area contributed by atoms with Crippen LogP contribution in [-0.2, 0) is 12.8 Å². The summed E-state index contributed by atoms with van der Waals surface area (Å²) in [7, 11) is 0. The van der Waals surface area contributed by atoms with E-state index in [2.05, 4.69) is 45.7 Å². The Bertz CT molecular complexity index is 835. The van der Waals surface area contributed by atoms with Crippen molar-refractivity contribution >= 4 is 23.4 Å². The van der Waals surface area contributed by atoms with Crippen LogP contribution < -0.4 is 0 Å². The maximum absolute atomic E-state index is 5.53. The van der Waals surface area contributed by atoms with Gasteiger partial charge in [-0.25, -0.2) is 4.98 Å². The number of hydrogen-bond donors (Lipinski definition) is 1. The molecule has 3 aromatic rings. The summed E-state index contributed by atoms with van der Waals surface area (Å²) in [5, 5.41) is 0. The van der Waals surface area contributed by atoms with E-state index >= 15 is 0 Å². The van der Waals surface area contributed by atoms with Crippen LogP contribution in [0.4, 0.5) is 0 Å². The number of pyridine rings is 1. The molecule has 0 spiro atoms. The fourth-order valence-electron chi connectivity index (χ4n) is 3.20. The van der Waals surface area contributed by atoms with E-state index in [-0.39, 0.29) is 0 Å². The van der Waals surface area contributed by atoms with Crippen molar-refractivity contribution in [1.29, 1.82) is 0 Å². The molecule has 4 heteroatoms. The summed E-state index contributed by atoms with van der Waals surface area (Å²) in [4.78, 5) is 7.85. The molecule has 0 unspecified atom stereocenters. The number of hydrogen-bond acceptors (Lipinski definition) is 2. The minimum absolute atomic E-state index is 0.378. The Kier molecular flexibility index (Phi) is 2.54.